The number of amides is 1. The third-order valence-electron chi connectivity index (χ3n) is 5.29. The molecule has 11 heteroatoms. The Morgan fingerprint density at radius 1 is 0.973 bits per heavy atom. The standard InChI is InChI=1S/C26H19ClF3NO6/c1-34-19-10-3-14(11-21(19)35-2)23-24(33)18-9-8-17(12-20(18)37-25(23)26(28,29)30)36-13-22(32)31-16-6-4-15(27)5-7-16/h3-12H,13H2,1-2H3,(H,31,32). The van der Waals surface area contributed by atoms with Gasteiger partial charge in [-0.2, -0.15) is 13.2 Å². The van der Waals surface area contributed by atoms with Gasteiger partial charge in [0, 0.05) is 16.8 Å². The Bertz CT molecular complexity index is 1520. The summed E-state index contributed by atoms with van der Waals surface area (Å²) in [4.78, 5) is 25.4. The van der Waals surface area contributed by atoms with Crippen LogP contribution in [0.3, 0.4) is 0 Å². The molecule has 0 aliphatic carbocycles. The fourth-order valence-corrected chi connectivity index (χ4v) is 3.72. The fourth-order valence-electron chi connectivity index (χ4n) is 3.60. The zero-order valence-electron chi connectivity index (χ0n) is 19.4. The molecule has 7 nitrogen and oxygen atoms in total. The van der Waals surface area contributed by atoms with Crippen LogP contribution in [0, 0.1) is 0 Å². The van der Waals surface area contributed by atoms with Gasteiger partial charge < -0.3 is 23.9 Å². The van der Waals surface area contributed by atoms with Crippen molar-refractivity contribution in [1.29, 1.82) is 0 Å². The number of halogens is 4. The number of nitrogens with one attached hydrogen (secondary N) is 1. The van der Waals surface area contributed by atoms with Gasteiger partial charge in [-0.3, -0.25) is 9.59 Å². The van der Waals surface area contributed by atoms with Crippen LogP contribution in [0.25, 0.3) is 22.1 Å². The molecule has 4 aromatic rings. The van der Waals surface area contributed by atoms with Gasteiger partial charge in [0.25, 0.3) is 5.91 Å². The first kappa shape index (κ1) is 25.9. The van der Waals surface area contributed by atoms with Gasteiger partial charge in [0.15, 0.2) is 18.1 Å². The first-order valence-corrected chi connectivity index (χ1v) is 11.1. The van der Waals surface area contributed by atoms with Gasteiger partial charge >= 0.3 is 6.18 Å². The number of benzene rings is 3. The predicted molar refractivity (Wildman–Crippen MR) is 132 cm³/mol. The highest BCUT2D eigenvalue weighted by atomic mass is 35.5. The van der Waals surface area contributed by atoms with E-state index in [1.807, 2.05) is 0 Å². The number of fused-ring (bicyclic) bond motifs is 1. The Morgan fingerprint density at radius 3 is 2.32 bits per heavy atom. The van der Waals surface area contributed by atoms with Crippen molar-refractivity contribution in [3.63, 3.8) is 0 Å². The maximum absolute atomic E-state index is 14.0. The van der Waals surface area contributed by atoms with Crippen molar-refractivity contribution in [2.45, 2.75) is 6.18 Å². The quantitative estimate of drug-likeness (QED) is 0.306. The van der Waals surface area contributed by atoms with Crippen LogP contribution in [-0.2, 0) is 11.0 Å². The molecule has 1 heterocycles. The number of hydrogen-bond acceptors (Lipinski definition) is 6. The van der Waals surface area contributed by atoms with Crippen molar-refractivity contribution in [3.05, 3.63) is 81.7 Å². The van der Waals surface area contributed by atoms with Crippen LogP contribution < -0.4 is 25.0 Å². The number of anilines is 1. The molecule has 0 bridgehead atoms. The molecule has 1 aromatic heterocycles. The summed E-state index contributed by atoms with van der Waals surface area (Å²) < 4.78 is 62.8. The minimum absolute atomic E-state index is 0.0360. The maximum atomic E-state index is 14.0. The van der Waals surface area contributed by atoms with Gasteiger partial charge in [-0.15, -0.1) is 0 Å². The second-order valence-corrected chi connectivity index (χ2v) is 8.14. The fraction of sp³-hybridized carbons (Fsp3) is 0.154. The highest BCUT2D eigenvalue weighted by Crippen LogP contribution is 2.40. The molecule has 0 aliphatic rings. The van der Waals surface area contributed by atoms with Crippen molar-refractivity contribution in [3.8, 4) is 28.4 Å². The number of hydrogen-bond donors (Lipinski definition) is 1. The van der Waals surface area contributed by atoms with Crippen LogP contribution in [0.2, 0.25) is 5.02 Å². The molecule has 37 heavy (non-hydrogen) atoms. The zero-order chi connectivity index (χ0) is 26.7. The first-order chi connectivity index (χ1) is 17.6. The lowest BCUT2D eigenvalue weighted by Gasteiger charge is -2.15. The number of carbonyl (C=O) groups is 1. The summed E-state index contributed by atoms with van der Waals surface area (Å²) in [6, 6.07) is 14.1. The topological polar surface area (TPSA) is 87.0 Å². The lowest BCUT2D eigenvalue weighted by molar-refractivity contribution is -0.152. The molecule has 0 unspecified atom stereocenters. The maximum Gasteiger partial charge on any atom is 0.450 e. The predicted octanol–water partition coefficient (Wildman–Crippen LogP) is 6.17. The number of ether oxygens (including phenoxy) is 3. The lowest BCUT2D eigenvalue weighted by Crippen LogP contribution is -2.20. The van der Waals surface area contributed by atoms with Gasteiger partial charge in [0.1, 0.15) is 11.3 Å². The summed E-state index contributed by atoms with van der Waals surface area (Å²) in [5.41, 5.74) is -1.48. The van der Waals surface area contributed by atoms with Crippen molar-refractivity contribution >= 4 is 34.2 Å². The van der Waals surface area contributed by atoms with Crippen molar-refractivity contribution in [1.82, 2.24) is 0 Å². The summed E-state index contributed by atoms with van der Waals surface area (Å²) in [7, 11) is 2.70. The molecular weight excluding hydrogens is 515 g/mol. The smallest absolute Gasteiger partial charge is 0.450 e. The normalized spacial score (nSPS) is 11.3. The Labute approximate surface area is 213 Å². The van der Waals surface area contributed by atoms with Crippen LogP contribution in [0.1, 0.15) is 5.76 Å². The second kappa shape index (κ2) is 10.4. The van der Waals surface area contributed by atoms with Crippen molar-refractivity contribution in [2.75, 3.05) is 26.1 Å². The zero-order valence-corrected chi connectivity index (χ0v) is 20.2. The van der Waals surface area contributed by atoms with Crippen molar-refractivity contribution < 1.29 is 36.6 Å². The molecule has 0 atom stereocenters. The molecule has 1 N–H and O–H groups in total. The summed E-state index contributed by atoms with van der Waals surface area (Å²) in [5, 5.41) is 2.99. The van der Waals surface area contributed by atoms with Crippen LogP contribution in [0.15, 0.2) is 69.9 Å². The molecule has 0 fully saturated rings. The van der Waals surface area contributed by atoms with Gasteiger partial charge in [0.05, 0.1) is 25.2 Å². The molecule has 0 saturated heterocycles. The van der Waals surface area contributed by atoms with E-state index in [-0.39, 0.29) is 33.8 Å². The minimum Gasteiger partial charge on any atom is -0.493 e. The molecule has 0 radical (unpaired) electrons. The number of methoxy groups -OCH3 is 2. The first-order valence-electron chi connectivity index (χ1n) is 10.7. The molecule has 4 rings (SSSR count). The third-order valence-corrected chi connectivity index (χ3v) is 5.54. The molecule has 0 spiro atoms. The average molecular weight is 534 g/mol. The SMILES string of the molecule is COc1ccc(-c2c(C(F)(F)F)oc3cc(OCC(=O)Nc4ccc(Cl)cc4)ccc3c2=O)cc1OC. The molecule has 3 aromatic carbocycles. The summed E-state index contributed by atoms with van der Waals surface area (Å²) >= 11 is 5.81. The van der Waals surface area contributed by atoms with Crippen LogP contribution >= 0.6 is 11.6 Å². The van der Waals surface area contributed by atoms with E-state index in [1.165, 1.54) is 44.6 Å². The Morgan fingerprint density at radius 2 is 1.68 bits per heavy atom. The van der Waals surface area contributed by atoms with E-state index >= 15 is 0 Å². The Balaban J connectivity index is 1.67. The molecular formula is C26H19ClF3NO6. The van der Waals surface area contributed by atoms with Gasteiger partial charge in [-0.05, 0) is 54.1 Å². The summed E-state index contributed by atoms with van der Waals surface area (Å²) in [6.07, 6.45) is -4.98. The van der Waals surface area contributed by atoms with E-state index in [0.717, 1.165) is 6.07 Å². The third kappa shape index (κ3) is 5.64. The van der Waals surface area contributed by atoms with E-state index in [0.29, 0.717) is 10.7 Å². The van der Waals surface area contributed by atoms with E-state index < -0.39 is 35.4 Å². The number of carbonyl (C=O) groups excluding carboxylic acids is 1. The van der Waals surface area contributed by atoms with Gasteiger partial charge in [-0.1, -0.05) is 17.7 Å². The molecule has 0 saturated carbocycles. The number of alkyl halides is 3. The van der Waals surface area contributed by atoms with Crippen molar-refractivity contribution in [2.24, 2.45) is 0 Å². The van der Waals surface area contributed by atoms with Crippen LogP contribution in [0.4, 0.5) is 18.9 Å². The summed E-state index contributed by atoms with van der Waals surface area (Å²) in [5.74, 6) is -1.52. The van der Waals surface area contributed by atoms with Gasteiger partial charge in [-0.25, -0.2) is 0 Å². The van der Waals surface area contributed by atoms with Crippen LogP contribution in [-0.4, -0.2) is 26.7 Å². The highest BCUT2D eigenvalue weighted by molar-refractivity contribution is 6.30. The molecule has 0 aliphatic heterocycles. The molecule has 192 valence electrons. The largest absolute Gasteiger partial charge is 0.493 e. The minimum atomic E-state index is -4.98. The van der Waals surface area contributed by atoms with Gasteiger partial charge in [0.2, 0.25) is 11.2 Å². The lowest BCUT2D eigenvalue weighted by atomic mass is 10.0. The van der Waals surface area contributed by atoms with E-state index in [2.05, 4.69) is 5.32 Å². The van der Waals surface area contributed by atoms with E-state index in [9.17, 15) is 22.8 Å². The number of rotatable bonds is 7. The second-order valence-electron chi connectivity index (χ2n) is 7.70. The summed E-state index contributed by atoms with van der Waals surface area (Å²) in [6.45, 7) is -0.436. The average Bonchev–Trinajstić information content (AvgIpc) is 2.87. The highest BCUT2D eigenvalue weighted by Gasteiger charge is 2.39. The Hall–Kier alpha value is -4.18. The monoisotopic (exact) mass is 533 g/mol. The Kier molecular flexibility index (Phi) is 7.30. The molecule has 1 amide bonds. The van der Waals surface area contributed by atoms with E-state index in [4.69, 9.17) is 30.2 Å². The van der Waals surface area contributed by atoms with E-state index in [1.54, 1.807) is 24.3 Å². The van der Waals surface area contributed by atoms with Crippen LogP contribution in [0.5, 0.6) is 17.2 Å².